The van der Waals surface area contributed by atoms with Gasteiger partial charge in [0.05, 0.1) is 40.3 Å². The van der Waals surface area contributed by atoms with Gasteiger partial charge in [-0.3, -0.25) is 4.79 Å². The van der Waals surface area contributed by atoms with Crippen LogP contribution in [0.25, 0.3) is 0 Å². The van der Waals surface area contributed by atoms with Gasteiger partial charge in [0, 0.05) is 0 Å². The minimum absolute atomic E-state index is 0.292. The molecule has 0 unspecified atom stereocenters. The average molecular weight is 320 g/mol. The number of carbonyl (C=O) groups excluding carboxylic acids is 2. The lowest BCUT2D eigenvalue weighted by atomic mass is 10.1. The molecule has 0 bridgehead atoms. The van der Waals surface area contributed by atoms with Gasteiger partial charge < -0.3 is 10.1 Å². The summed E-state index contributed by atoms with van der Waals surface area (Å²) in [5.41, 5.74) is 2.11. The monoisotopic (exact) mass is 319 g/mol. The Morgan fingerprint density at radius 1 is 1.18 bits per heavy atom. The Bertz CT molecular complexity index is 727. The maximum absolute atomic E-state index is 12.4. The molecule has 0 saturated carbocycles. The number of nitrogens with zero attached hydrogens (tertiary/aromatic N) is 2. The predicted molar refractivity (Wildman–Crippen MR) is 82.3 cm³/mol. The van der Waals surface area contributed by atoms with Gasteiger partial charge in [-0.1, -0.05) is 11.6 Å². The Labute approximate surface area is 132 Å². The Balaban J connectivity index is 2.34. The molecule has 1 heterocycles. The Hall–Kier alpha value is -2.47. The number of aryl methyl sites for hydroxylation is 2. The SMILES string of the molecule is COC(=O)c1ccc(Cl)c(NC(=O)c2c(C)ncnc2C)c1. The zero-order valence-corrected chi connectivity index (χ0v) is 13.1. The van der Waals surface area contributed by atoms with E-state index in [4.69, 9.17) is 11.6 Å². The van der Waals surface area contributed by atoms with Gasteiger partial charge in [-0.2, -0.15) is 0 Å². The van der Waals surface area contributed by atoms with E-state index in [1.165, 1.54) is 31.6 Å². The molecule has 22 heavy (non-hydrogen) atoms. The second-order valence-electron chi connectivity index (χ2n) is 4.56. The lowest BCUT2D eigenvalue weighted by Crippen LogP contribution is -2.17. The van der Waals surface area contributed by atoms with Crippen molar-refractivity contribution in [1.82, 2.24) is 9.97 Å². The maximum atomic E-state index is 12.4. The molecule has 2 rings (SSSR count). The lowest BCUT2D eigenvalue weighted by molar-refractivity contribution is 0.0600. The molecule has 0 spiro atoms. The Morgan fingerprint density at radius 3 is 2.41 bits per heavy atom. The molecule has 7 heteroatoms. The van der Waals surface area contributed by atoms with Crippen LogP contribution in [0.15, 0.2) is 24.5 Å². The normalized spacial score (nSPS) is 10.2. The van der Waals surface area contributed by atoms with Crippen LogP contribution in [0.5, 0.6) is 0 Å². The van der Waals surface area contributed by atoms with Crippen LogP contribution in [0.1, 0.15) is 32.1 Å². The van der Waals surface area contributed by atoms with E-state index in [1.807, 2.05) is 0 Å². The summed E-state index contributed by atoms with van der Waals surface area (Å²) in [7, 11) is 1.28. The smallest absolute Gasteiger partial charge is 0.337 e. The maximum Gasteiger partial charge on any atom is 0.337 e. The largest absolute Gasteiger partial charge is 0.465 e. The van der Waals surface area contributed by atoms with E-state index < -0.39 is 5.97 Å². The highest BCUT2D eigenvalue weighted by Gasteiger charge is 2.16. The number of rotatable bonds is 3. The van der Waals surface area contributed by atoms with Crippen LogP contribution < -0.4 is 5.32 Å². The summed E-state index contributed by atoms with van der Waals surface area (Å²) in [6.45, 7) is 3.44. The van der Waals surface area contributed by atoms with Gasteiger partial charge in [0.1, 0.15) is 6.33 Å². The molecule has 1 aromatic heterocycles. The number of benzene rings is 1. The van der Waals surface area contributed by atoms with Crippen molar-refractivity contribution in [3.8, 4) is 0 Å². The molecular weight excluding hydrogens is 306 g/mol. The first-order valence-corrected chi connectivity index (χ1v) is 6.79. The summed E-state index contributed by atoms with van der Waals surface area (Å²) in [5.74, 6) is -0.901. The number of anilines is 1. The van der Waals surface area contributed by atoms with E-state index in [0.717, 1.165) is 0 Å². The third kappa shape index (κ3) is 3.23. The number of amides is 1. The van der Waals surface area contributed by atoms with Crippen LogP contribution in [-0.4, -0.2) is 29.0 Å². The Morgan fingerprint density at radius 2 is 1.82 bits per heavy atom. The van der Waals surface area contributed by atoms with Gasteiger partial charge in [-0.15, -0.1) is 0 Å². The average Bonchev–Trinajstić information content (AvgIpc) is 2.48. The zero-order chi connectivity index (χ0) is 16.3. The summed E-state index contributed by atoms with van der Waals surface area (Å²) < 4.78 is 4.64. The van der Waals surface area contributed by atoms with E-state index in [-0.39, 0.29) is 5.91 Å². The van der Waals surface area contributed by atoms with E-state index in [9.17, 15) is 9.59 Å². The van der Waals surface area contributed by atoms with Gasteiger partial charge >= 0.3 is 5.97 Å². The number of esters is 1. The summed E-state index contributed by atoms with van der Waals surface area (Å²) in [5, 5.41) is 2.98. The van der Waals surface area contributed by atoms with Crippen LogP contribution in [-0.2, 0) is 4.74 Å². The molecule has 114 valence electrons. The molecule has 6 nitrogen and oxygen atoms in total. The molecule has 1 N–H and O–H groups in total. The predicted octanol–water partition coefficient (Wildman–Crippen LogP) is 2.79. The van der Waals surface area contributed by atoms with Crippen molar-refractivity contribution in [1.29, 1.82) is 0 Å². The molecule has 0 aliphatic heterocycles. The summed E-state index contributed by atoms with van der Waals surface area (Å²) in [4.78, 5) is 31.9. The second-order valence-corrected chi connectivity index (χ2v) is 4.97. The molecule has 0 fully saturated rings. The van der Waals surface area contributed by atoms with Crippen LogP contribution in [0.4, 0.5) is 5.69 Å². The van der Waals surface area contributed by atoms with Crippen molar-refractivity contribution in [2.75, 3.05) is 12.4 Å². The second kappa shape index (κ2) is 6.53. The molecule has 0 radical (unpaired) electrons. The highest BCUT2D eigenvalue weighted by Crippen LogP contribution is 2.24. The number of ether oxygens (including phenoxy) is 1. The molecule has 2 aromatic rings. The molecule has 1 aromatic carbocycles. The first-order valence-electron chi connectivity index (χ1n) is 6.41. The molecule has 0 aliphatic rings. The molecule has 0 aliphatic carbocycles. The Kier molecular flexibility index (Phi) is 4.72. The highest BCUT2D eigenvalue weighted by atomic mass is 35.5. The van der Waals surface area contributed by atoms with Crippen LogP contribution >= 0.6 is 11.6 Å². The molecule has 0 saturated heterocycles. The quantitative estimate of drug-likeness (QED) is 0.880. The number of hydrogen-bond donors (Lipinski definition) is 1. The number of aromatic nitrogens is 2. The standard InChI is InChI=1S/C15H14ClN3O3/c1-8-13(9(2)18-7-17-8)14(20)19-12-6-10(15(21)22-3)4-5-11(12)16/h4-7H,1-3H3,(H,19,20). The number of nitrogens with one attached hydrogen (secondary N) is 1. The first kappa shape index (κ1) is 15.9. The fourth-order valence-electron chi connectivity index (χ4n) is 1.97. The minimum Gasteiger partial charge on any atom is -0.465 e. The molecular formula is C15H14ClN3O3. The number of methoxy groups -OCH3 is 1. The fraction of sp³-hybridized carbons (Fsp3) is 0.200. The summed E-state index contributed by atoms with van der Waals surface area (Å²) in [6, 6.07) is 4.50. The summed E-state index contributed by atoms with van der Waals surface area (Å²) in [6.07, 6.45) is 1.40. The molecule has 1 amide bonds. The van der Waals surface area contributed by atoms with E-state index in [2.05, 4.69) is 20.0 Å². The van der Waals surface area contributed by atoms with Crippen molar-refractivity contribution in [3.05, 3.63) is 52.1 Å². The van der Waals surface area contributed by atoms with Gasteiger partial charge in [-0.05, 0) is 32.0 Å². The van der Waals surface area contributed by atoms with Gasteiger partial charge in [0.2, 0.25) is 0 Å². The van der Waals surface area contributed by atoms with Gasteiger partial charge in [0.15, 0.2) is 0 Å². The van der Waals surface area contributed by atoms with Crippen LogP contribution in [0, 0.1) is 13.8 Å². The van der Waals surface area contributed by atoms with Crippen LogP contribution in [0.2, 0.25) is 5.02 Å². The lowest BCUT2D eigenvalue weighted by Gasteiger charge is -2.11. The third-order valence-corrected chi connectivity index (χ3v) is 3.42. The van der Waals surface area contributed by atoms with Crippen LogP contribution in [0.3, 0.4) is 0 Å². The number of hydrogen-bond acceptors (Lipinski definition) is 5. The summed E-state index contributed by atoms with van der Waals surface area (Å²) >= 11 is 6.06. The fourth-order valence-corrected chi connectivity index (χ4v) is 2.14. The van der Waals surface area contributed by atoms with E-state index in [0.29, 0.717) is 33.2 Å². The van der Waals surface area contributed by atoms with Crippen molar-refractivity contribution < 1.29 is 14.3 Å². The minimum atomic E-state index is -0.512. The van der Waals surface area contributed by atoms with E-state index >= 15 is 0 Å². The highest BCUT2D eigenvalue weighted by molar-refractivity contribution is 6.34. The van der Waals surface area contributed by atoms with Crippen molar-refractivity contribution in [2.45, 2.75) is 13.8 Å². The van der Waals surface area contributed by atoms with Gasteiger partial charge in [-0.25, -0.2) is 14.8 Å². The third-order valence-electron chi connectivity index (χ3n) is 3.09. The van der Waals surface area contributed by atoms with Gasteiger partial charge in [0.25, 0.3) is 5.91 Å². The first-order chi connectivity index (χ1) is 10.4. The van der Waals surface area contributed by atoms with E-state index in [1.54, 1.807) is 13.8 Å². The topological polar surface area (TPSA) is 81.2 Å². The van der Waals surface area contributed by atoms with Crippen molar-refractivity contribution in [2.24, 2.45) is 0 Å². The van der Waals surface area contributed by atoms with Crippen molar-refractivity contribution in [3.63, 3.8) is 0 Å². The van der Waals surface area contributed by atoms with Crippen molar-refractivity contribution >= 4 is 29.2 Å². The zero-order valence-electron chi connectivity index (χ0n) is 12.3. The number of halogens is 1. The molecule has 0 atom stereocenters. The number of carbonyl (C=O) groups is 2.